The number of carbonyl (C=O) groups is 2. The SMILES string of the molecule is CCc1ccc(OCC(=O)OCC(=O)N(C)Cc2ccccc2OC)cc1. The third-order valence-corrected chi connectivity index (χ3v) is 4.07. The first-order valence-corrected chi connectivity index (χ1v) is 8.76. The number of likely N-dealkylation sites (N-methyl/N-ethyl adjacent to an activating group) is 1. The number of methoxy groups -OCH3 is 1. The molecule has 0 aliphatic carbocycles. The highest BCUT2D eigenvalue weighted by Crippen LogP contribution is 2.18. The number of esters is 1. The third-order valence-electron chi connectivity index (χ3n) is 4.07. The second kappa shape index (κ2) is 10.2. The molecule has 0 saturated heterocycles. The normalized spacial score (nSPS) is 10.2. The number of hydrogen-bond acceptors (Lipinski definition) is 5. The molecule has 144 valence electrons. The second-order valence-corrected chi connectivity index (χ2v) is 6.01. The van der Waals surface area contributed by atoms with E-state index >= 15 is 0 Å². The van der Waals surface area contributed by atoms with Gasteiger partial charge in [-0.25, -0.2) is 4.79 Å². The van der Waals surface area contributed by atoms with Gasteiger partial charge >= 0.3 is 5.97 Å². The molecule has 0 aliphatic heterocycles. The van der Waals surface area contributed by atoms with Gasteiger partial charge in [0.1, 0.15) is 11.5 Å². The molecular weight excluding hydrogens is 346 g/mol. The van der Waals surface area contributed by atoms with Gasteiger partial charge in [-0.1, -0.05) is 37.3 Å². The van der Waals surface area contributed by atoms with Crippen molar-refractivity contribution in [1.82, 2.24) is 4.90 Å². The second-order valence-electron chi connectivity index (χ2n) is 6.01. The third kappa shape index (κ3) is 6.33. The van der Waals surface area contributed by atoms with Crippen molar-refractivity contribution >= 4 is 11.9 Å². The summed E-state index contributed by atoms with van der Waals surface area (Å²) >= 11 is 0. The van der Waals surface area contributed by atoms with Gasteiger partial charge in [0, 0.05) is 19.2 Å². The maximum Gasteiger partial charge on any atom is 0.344 e. The van der Waals surface area contributed by atoms with E-state index in [-0.39, 0.29) is 19.1 Å². The van der Waals surface area contributed by atoms with E-state index in [0.29, 0.717) is 18.0 Å². The summed E-state index contributed by atoms with van der Waals surface area (Å²) in [6.45, 7) is 1.85. The van der Waals surface area contributed by atoms with Crippen molar-refractivity contribution in [1.29, 1.82) is 0 Å². The lowest BCUT2D eigenvalue weighted by Crippen LogP contribution is -2.31. The van der Waals surface area contributed by atoms with Crippen LogP contribution in [-0.4, -0.2) is 44.1 Å². The van der Waals surface area contributed by atoms with E-state index in [1.165, 1.54) is 10.5 Å². The Morgan fingerprint density at radius 1 is 1.00 bits per heavy atom. The number of para-hydroxylation sites is 1. The Hall–Kier alpha value is -3.02. The highest BCUT2D eigenvalue weighted by Gasteiger charge is 2.14. The van der Waals surface area contributed by atoms with Crippen molar-refractivity contribution in [3.05, 3.63) is 59.7 Å². The summed E-state index contributed by atoms with van der Waals surface area (Å²) in [7, 11) is 3.23. The molecule has 2 aromatic rings. The van der Waals surface area contributed by atoms with Crippen molar-refractivity contribution in [2.75, 3.05) is 27.4 Å². The molecule has 0 saturated carbocycles. The zero-order chi connectivity index (χ0) is 19.6. The van der Waals surface area contributed by atoms with Gasteiger partial charge in [0.15, 0.2) is 13.2 Å². The summed E-state index contributed by atoms with van der Waals surface area (Å²) in [6, 6.07) is 14.9. The summed E-state index contributed by atoms with van der Waals surface area (Å²) in [4.78, 5) is 25.4. The van der Waals surface area contributed by atoms with Crippen molar-refractivity contribution in [2.45, 2.75) is 19.9 Å². The zero-order valence-electron chi connectivity index (χ0n) is 15.9. The fourth-order valence-corrected chi connectivity index (χ4v) is 2.44. The molecule has 6 heteroatoms. The molecule has 0 radical (unpaired) electrons. The van der Waals surface area contributed by atoms with Crippen LogP contribution < -0.4 is 9.47 Å². The van der Waals surface area contributed by atoms with E-state index in [1.54, 1.807) is 26.3 Å². The Morgan fingerprint density at radius 2 is 1.70 bits per heavy atom. The standard InChI is InChI=1S/C21H25NO5/c1-4-16-9-11-18(12-10-16)26-15-21(24)27-14-20(23)22(2)13-17-7-5-6-8-19(17)25-3/h5-12H,4,13-15H2,1-3H3. The van der Waals surface area contributed by atoms with Gasteiger partial charge in [0.2, 0.25) is 0 Å². The van der Waals surface area contributed by atoms with Gasteiger partial charge < -0.3 is 19.1 Å². The Balaban J connectivity index is 1.75. The minimum atomic E-state index is -0.589. The molecule has 0 fully saturated rings. The number of rotatable bonds is 9. The molecule has 2 aromatic carbocycles. The van der Waals surface area contributed by atoms with Crippen LogP contribution in [0.5, 0.6) is 11.5 Å². The number of amides is 1. The van der Waals surface area contributed by atoms with E-state index in [9.17, 15) is 9.59 Å². The number of nitrogens with zero attached hydrogens (tertiary/aromatic N) is 1. The summed E-state index contributed by atoms with van der Waals surface area (Å²) < 4.78 is 15.6. The lowest BCUT2D eigenvalue weighted by molar-refractivity contribution is -0.153. The highest BCUT2D eigenvalue weighted by molar-refractivity contribution is 5.80. The molecule has 27 heavy (non-hydrogen) atoms. The molecule has 2 rings (SSSR count). The first-order valence-electron chi connectivity index (χ1n) is 8.76. The lowest BCUT2D eigenvalue weighted by atomic mass is 10.2. The quantitative estimate of drug-likeness (QED) is 0.634. The van der Waals surface area contributed by atoms with E-state index in [0.717, 1.165) is 12.0 Å². The molecule has 6 nitrogen and oxygen atoms in total. The average molecular weight is 371 g/mol. The van der Waals surface area contributed by atoms with Gasteiger partial charge in [0.25, 0.3) is 5.91 Å². The number of benzene rings is 2. The summed E-state index contributed by atoms with van der Waals surface area (Å²) in [5.41, 5.74) is 2.06. The van der Waals surface area contributed by atoms with Gasteiger partial charge in [-0.15, -0.1) is 0 Å². The summed E-state index contributed by atoms with van der Waals surface area (Å²) in [6.07, 6.45) is 0.937. The molecule has 1 amide bonds. The van der Waals surface area contributed by atoms with Crippen LogP contribution in [0.25, 0.3) is 0 Å². The van der Waals surface area contributed by atoms with E-state index in [1.807, 2.05) is 36.4 Å². The summed E-state index contributed by atoms with van der Waals surface area (Å²) in [5, 5.41) is 0. The molecule has 0 atom stereocenters. The van der Waals surface area contributed by atoms with Crippen LogP contribution in [0.15, 0.2) is 48.5 Å². The molecule has 0 unspecified atom stereocenters. The zero-order valence-corrected chi connectivity index (χ0v) is 15.9. The number of hydrogen-bond donors (Lipinski definition) is 0. The Morgan fingerprint density at radius 3 is 2.37 bits per heavy atom. The molecule has 0 aliphatic rings. The molecule has 0 N–H and O–H groups in total. The smallest absolute Gasteiger partial charge is 0.344 e. The maximum absolute atomic E-state index is 12.2. The van der Waals surface area contributed by atoms with Crippen LogP contribution in [0.4, 0.5) is 0 Å². The first kappa shape index (κ1) is 20.3. The minimum absolute atomic E-state index is 0.241. The van der Waals surface area contributed by atoms with Crippen LogP contribution in [0.1, 0.15) is 18.1 Å². The van der Waals surface area contributed by atoms with Crippen molar-refractivity contribution in [2.24, 2.45) is 0 Å². The lowest BCUT2D eigenvalue weighted by Gasteiger charge is -2.18. The molecule has 0 aromatic heterocycles. The molecule has 0 bridgehead atoms. The number of ether oxygens (including phenoxy) is 3. The maximum atomic E-state index is 12.2. The van der Waals surface area contributed by atoms with E-state index < -0.39 is 5.97 Å². The average Bonchev–Trinajstić information content (AvgIpc) is 2.71. The van der Waals surface area contributed by atoms with Crippen LogP contribution >= 0.6 is 0 Å². The molecular formula is C21H25NO5. The highest BCUT2D eigenvalue weighted by atomic mass is 16.6. The fraction of sp³-hybridized carbons (Fsp3) is 0.333. The number of carbonyl (C=O) groups excluding carboxylic acids is 2. The predicted molar refractivity (Wildman–Crippen MR) is 102 cm³/mol. The topological polar surface area (TPSA) is 65.1 Å². The van der Waals surface area contributed by atoms with Gasteiger partial charge in [0.05, 0.1) is 7.11 Å². The number of aryl methyl sites for hydroxylation is 1. The largest absolute Gasteiger partial charge is 0.496 e. The first-order chi connectivity index (χ1) is 13.0. The van der Waals surface area contributed by atoms with E-state index in [4.69, 9.17) is 14.2 Å². The minimum Gasteiger partial charge on any atom is -0.496 e. The predicted octanol–water partition coefficient (Wildman–Crippen LogP) is 2.84. The monoisotopic (exact) mass is 371 g/mol. The van der Waals surface area contributed by atoms with Crippen LogP contribution in [0, 0.1) is 0 Å². The van der Waals surface area contributed by atoms with Crippen molar-refractivity contribution in [3.8, 4) is 11.5 Å². The van der Waals surface area contributed by atoms with Gasteiger partial charge in [-0.2, -0.15) is 0 Å². The van der Waals surface area contributed by atoms with Gasteiger partial charge in [-0.05, 0) is 30.2 Å². The van der Waals surface area contributed by atoms with Crippen LogP contribution in [0.3, 0.4) is 0 Å². The Labute approximate surface area is 159 Å². The summed E-state index contributed by atoms with van der Waals surface area (Å²) in [5.74, 6) is 0.399. The van der Waals surface area contributed by atoms with Gasteiger partial charge in [-0.3, -0.25) is 4.79 Å². The Bertz CT molecular complexity index is 757. The van der Waals surface area contributed by atoms with Crippen LogP contribution in [-0.2, 0) is 27.3 Å². The molecule has 0 spiro atoms. The van der Waals surface area contributed by atoms with Crippen molar-refractivity contribution in [3.63, 3.8) is 0 Å². The fourth-order valence-electron chi connectivity index (χ4n) is 2.44. The molecule has 0 heterocycles. The van der Waals surface area contributed by atoms with Crippen LogP contribution in [0.2, 0.25) is 0 Å². The Kier molecular flexibility index (Phi) is 7.67. The van der Waals surface area contributed by atoms with E-state index in [2.05, 4.69) is 6.92 Å². The van der Waals surface area contributed by atoms with Crippen molar-refractivity contribution < 1.29 is 23.8 Å².